The van der Waals surface area contributed by atoms with Gasteiger partial charge in [-0.2, -0.15) is 13.2 Å². The molecule has 0 saturated heterocycles. The molecular weight excluding hydrogens is 343 g/mol. The fraction of sp³-hybridized carbons (Fsp3) is 0.176. The highest BCUT2D eigenvalue weighted by atomic mass is 35.5. The van der Waals surface area contributed by atoms with Crippen LogP contribution in [0.1, 0.15) is 16.7 Å². The van der Waals surface area contributed by atoms with Crippen LogP contribution in [-0.4, -0.2) is 13.1 Å². The second kappa shape index (κ2) is 5.89. The molecule has 1 nitrogen and oxygen atoms in total. The molecular formula is C17H13ClF3NS. The lowest BCUT2D eigenvalue weighted by atomic mass is 9.96. The van der Waals surface area contributed by atoms with Crippen molar-refractivity contribution in [1.82, 2.24) is 5.32 Å². The van der Waals surface area contributed by atoms with Crippen LogP contribution in [-0.2, 0) is 6.18 Å². The van der Waals surface area contributed by atoms with Gasteiger partial charge in [0.1, 0.15) is 0 Å². The highest BCUT2D eigenvalue weighted by molar-refractivity contribution is 7.99. The van der Waals surface area contributed by atoms with Crippen LogP contribution >= 0.6 is 24.2 Å². The minimum Gasteiger partial charge on any atom is -0.309 e. The Kier molecular flexibility index (Phi) is 4.21. The summed E-state index contributed by atoms with van der Waals surface area (Å²) in [4.78, 5) is 1.98. The molecule has 120 valence electrons. The van der Waals surface area contributed by atoms with Crippen molar-refractivity contribution in [3.05, 3.63) is 59.2 Å². The van der Waals surface area contributed by atoms with Crippen molar-refractivity contribution in [3.63, 3.8) is 0 Å². The van der Waals surface area contributed by atoms with E-state index in [4.69, 9.17) is 0 Å². The van der Waals surface area contributed by atoms with Gasteiger partial charge in [-0.15, -0.1) is 12.4 Å². The number of rotatable bonds is 0. The molecule has 4 rings (SSSR count). The Bertz CT molecular complexity index is 799. The molecule has 23 heavy (non-hydrogen) atoms. The molecule has 2 aromatic carbocycles. The number of halogens is 4. The number of fused-ring (bicyclic) bond motifs is 4. The van der Waals surface area contributed by atoms with Gasteiger partial charge in [-0.1, -0.05) is 30.0 Å². The Morgan fingerprint density at radius 1 is 0.870 bits per heavy atom. The van der Waals surface area contributed by atoms with Gasteiger partial charge in [0.2, 0.25) is 0 Å². The molecule has 0 amide bonds. The van der Waals surface area contributed by atoms with Crippen LogP contribution in [0.15, 0.2) is 52.3 Å². The van der Waals surface area contributed by atoms with E-state index in [2.05, 4.69) is 5.32 Å². The van der Waals surface area contributed by atoms with Crippen molar-refractivity contribution in [3.8, 4) is 0 Å². The topological polar surface area (TPSA) is 12.0 Å². The molecule has 0 saturated carbocycles. The first-order chi connectivity index (χ1) is 10.5. The minimum absolute atomic E-state index is 0. The van der Waals surface area contributed by atoms with Gasteiger partial charge in [-0.3, -0.25) is 0 Å². The lowest BCUT2D eigenvalue weighted by molar-refractivity contribution is -0.137. The molecule has 0 aromatic heterocycles. The average molecular weight is 356 g/mol. The lowest BCUT2D eigenvalue weighted by Crippen LogP contribution is -2.10. The van der Waals surface area contributed by atoms with Crippen molar-refractivity contribution in [2.45, 2.75) is 16.0 Å². The zero-order valence-electron chi connectivity index (χ0n) is 11.9. The largest absolute Gasteiger partial charge is 0.416 e. The van der Waals surface area contributed by atoms with Gasteiger partial charge in [-0.25, -0.2) is 0 Å². The second-order valence-corrected chi connectivity index (χ2v) is 6.45. The number of benzene rings is 2. The van der Waals surface area contributed by atoms with Crippen molar-refractivity contribution in [1.29, 1.82) is 0 Å². The molecule has 2 aromatic rings. The van der Waals surface area contributed by atoms with Crippen LogP contribution in [0.25, 0.3) is 11.1 Å². The van der Waals surface area contributed by atoms with Crippen LogP contribution in [0.4, 0.5) is 13.2 Å². The fourth-order valence-corrected chi connectivity index (χ4v) is 4.11. The van der Waals surface area contributed by atoms with Gasteiger partial charge in [0.05, 0.1) is 5.56 Å². The summed E-state index contributed by atoms with van der Waals surface area (Å²) in [5, 5.41) is 3.27. The molecule has 0 spiro atoms. The second-order valence-electron chi connectivity index (χ2n) is 5.37. The third-order valence-corrected chi connectivity index (χ3v) is 5.18. The van der Waals surface area contributed by atoms with Crippen molar-refractivity contribution >= 4 is 35.3 Å². The maximum absolute atomic E-state index is 13.0. The molecule has 6 heteroatoms. The van der Waals surface area contributed by atoms with Crippen molar-refractivity contribution < 1.29 is 13.2 Å². The summed E-state index contributed by atoms with van der Waals surface area (Å²) in [6.45, 7) is 1.31. The Morgan fingerprint density at radius 3 is 2.26 bits per heavy atom. The molecule has 0 radical (unpaired) electrons. The monoisotopic (exact) mass is 355 g/mol. The quantitative estimate of drug-likeness (QED) is 0.705. The Hall–Kier alpha value is -1.43. The van der Waals surface area contributed by atoms with Crippen molar-refractivity contribution in [2.75, 3.05) is 13.1 Å². The van der Waals surface area contributed by atoms with Gasteiger partial charge in [0, 0.05) is 22.9 Å². The summed E-state index contributed by atoms with van der Waals surface area (Å²) in [5.74, 6) is 0. The smallest absolute Gasteiger partial charge is 0.309 e. The standard InChI is InChI=1S/C17H12F3NS.ClH/c18-17(19,20)10-5-6-16-12(7-10)14-9-21-8-13(14)11-3-1-2-4-15(11)22-16;/h1-7,21H,8-9H2;1H. The van der Waals surface area contributed by atoms with E-state index in [1.807, 2.05) is 24.3 Å². The lowest BCUT2D eigenvalue weighted by Gasteiger charge is -2.13. The molecule has 0 unspecified atom stereocenters. The van der Waals surface area contributed by atoms with E-state index in [9.17, 15) is 13.2 Å². The van der Waals surface area contributed by atoms with Crippen molar-refractivity contribution in [2.24, 2.45) is 0 Å². The molecule has 0 atom stereocenters. The zero-order valence-corrected chi connectivity index (χ0v) is 13.5. The maximum atomic E-state index is 13.0. The summed E-state index contributed by atoms with van der Waals surface area (Å²) in [6, 6.07) is 12.0. The molecule has 0 bridgehead atoms. The van der Waals surface area contributed by atoms with Gasteiger partial charge in [0.25, 0.3) is 0 Å². The number of nitrogens with one attached hydrogen (secondary N) is 1. The molecule has 0 aliphatic carbocycles. The van der Waals surface area contributed by atoms with E-state index >= 15 is 0 Å². The first-order valence-electron chi connectivity index (χ1n) is 6.95. The highest BCUT2D eigenvalue weighted by Crippen LogP contribution is 2.46. The summed E-state index contributed by atoms with van der Waals surface area (Å²) in [6.07, 6.45) is -4.31. The first kappa shape index (κ1) is 16.4. The first-order valence-corrected chi connectivity index (χ1v) is 7.77. The number of hydrogen-bond donors (Lipinski definition) is 1. The van der Waals surface area contributed by atoms with Crippen LogP contribution < -0.4 is 5.32 Å². The molecule has 2 aliphatic heterocycles. The third-order valence-electron chi connectivity index (χ3n) is 4.03. The van der Waals surface area contributed by atoms with E-state index in [0.29, 0.717) is 18.7 Å². The summed E-state index contributed by atoms with van der Waals surface area (Å²) in [7, 11) is 0. The predicted molar refractivity (Wildman–Crippen MR) is 88.9 cm³/mol. The zero-order chi connectivity index (χ0) is 15.3. The molecule has 2 heterocycles. The Balaban J connectivity index is 0.00000156. The highest BCUT2D eigenvalue weighted by Gasteiger charge is 2.33. The minimum atomic E-state index is -4.31. The van der Waals surface area contributed by atoms with E-state index < -0.39 is 11.7 Å². The number of hydrogen-bond acceptors (Lipinski definition) is 2. The molecule has 2 aliphatic rings. The van der Waals surface area contributed by atoms with Gasteiger partial charge in [0.15, 0.2) is 0 Å². The number of alkyl halides is 3. The van der Waals surface area contributed by atoms with E-state index in [1.165, 1.54) is 12.1 Å². The van der Waals surface area contributed by atoms with Crippen LogP contribution in [0, 0.1) is 0 Å². The maximum Gasteiger partial charge on any atom is 0.416 e. The van der Waals surface area contributed by atoms with E-state index in [1.54, 1.807) is 17.8 Å². The summed E-state index contributed by atoms with van der Waals surface area (Å²) >= 11 is 1.54. The van der Waals surface area contributed by atoms with Gasteiger partial charge < -0.3 is 5.32 Å². The predicted octanol–water partition coefficient (Wildman–Crippen LogP) is 5.11. The van der Waals surface area contributed by atoms with Crippen LogP contribution in [0.5, 0.6) is 0 Å². The third kappa shape index (κ3) is 2.77. The fourth-order valence-electron chi connectivity index (χ4n) is 3.00. The van der Waals surface area contributed by atoms with Gasteiger partial charge in [-0.05, 0) is 46.5 Å². The summed E-state index contributed by atoms with van der Waals surface area (Å²) in [5.41, 5.74) is 3.34. The van der Waals surface area contributed by atoms with E-state index in [-0.39, 0.29) is 12.4 Å². The SMILES string of the molecule is Cl.FC(F)(F)c1ccc2c(c1)C1=C(CNC1)c1ccccc1S2. The average Bonchev–Trinajstić information content (AvgIpc) is 2.92. The molecule has 1 N–H and O–H groups in total. The Labute approximate surface area is 142 Å². The summed E-state index contributed by atoms with van der Waals surface area (Å²) < 4.78 is 39.1. The van der Waals surface area contributed by atoms with Crippen LogP contribution in [0.3, 0.4) is 0 Å². The van der Waals surface area contributed by atoms with Crippen LogP contribution in [0.2, 0.25) is 0 Å². The normalized spacial score (nSPS) is 16.1. The molecule has 0 fully saturated rings. The Morgan fingerprint density at radius 2 is 1.52 bits per heavy atom. The van der Waals surface area contributed by atoms with Gasteiger partial charge >= 0.3 is 6.18 Å². The van der Waals surface area contributed by atoms with E-state index in [0.717, 1.165) is 26.5 Å².